The molecule has 0 unspecified atom stereocenters. The molecule has 0 saturated carbocycles. The zero-order valence-corrected chi connectivity index (χ0v) is 23.1. The van der Waals surface area contributed by atoms with E-state index < -0.39 is 0 Å². The lowest BCUT2D eigenvalue weighted by atomic mass is 10.1. The summed E-state index contributed by atoms with van der Waals surface area (Å²) in [4.78, 5) is 20.3. The Bertz CT molecular complexity index is 1240. The van der Waals surface area contributed by atoms with E-state index in [4.69, 9.17) is 37.7 Å². The summed E-state index contributed by atoms with van der Waals surface area (Å²) < 4.78 is 12.7. The van der Waals surface area contributed by atoms with Gasteiger partial charge in [0.15, 0.2) is 11.5 Å². The highest BCUT2D eigenvalue weighted by Gasteiger charge is 2.25. The maximum atomic E-state index is 13.7. The fraction of sp³-hybridized carbons (Fsp3) is 0.407. The van der Waals surface area contributed by atoms with Crippen LogP contribution in [-0.2, 0) is 20.0 Å². The minimum atomic E-state index is -0.212. The summed E-state index contributed by atoms with van der Waals surface area (Å²) in [7, 11) is 4.94. The van der Waals surface area contributed by atoms with E-state index >= 15 is 0 Å². The molecule has 3 rings (SSSR count). The Morgan fingerprint density at radius 3 is 2.53 bits per heavy atom. The van der Waals surface area contributed by atoms with Gasteiger partial charge in [-0.3, -0.25) is 4.79 Å². The van der Waals surface area contributed by atoms with Gasteiger partial charge in [-0.2, -0.15) is 0 Å². The van der Waals surface area contributed by atoms with Crippen LogP contribution in [0, 0.1) is 12.8 Å². The molecule has 0 bridgehead atoms. The smallest absolute Gasteiger partial charge is 0.255 e. The van der Waals surface area contributed by atoms with Crippen molar-refractivity contribution in [3.05, 3.63) is 68.7 Å². The summed E-state index contributed by atoms with van der Waals surface area (Å²) in [5.41, 5.74) is 2.79. The Hall–Kier alpha value is -2.90. The molecule has 0 aliphatic rings. The van der Waals surface area contributed by atoms with Gasteiger partial charge >= 0.3 is 0 Å². The number of hydrogen-bond donors (Lipinski definition) is 1. The summed E-state index contributed by atoms with van der Waals surface area (Å²) in [5, 5.41) is 11.0. The maximum absolute atomic E-state index is 13.7. The molecule has 0 saturated heterocycles. The predicted octanol–water partition coefficient (Wildman–Crippen LogP) is 6.04. The van der Waals surface area contributed by atoms with Crippen LogP contribution in [0.4, 0.5) is 0 Å². The second-order valence-electron chi connectivity index (χ2n) is 9.14. The average molecular weight is 534 g/mol. The zero-order chi connectivity index (χ0) is 26.6. The first kappa shape index (κ1) is 27.7. The molecule has 7 nitrogen and oxygen atoms in total. The van der Waals surface area contributed by atoms with Crippen LogP contribution in [0.2, 0.25) is 10.0 Å². The molecule has 2 aromatic carbocycles. The van der Waals surface area contributed by atoms with Gasteiger partial charge in [0.1, 0.15) is 11.6 Å². The fourth-order valence-electron chi connectivity index (χ4n) is 3.95. The molecule has 0 aliphatic carbocycles. The van der Waals surface area contributed by atoms with Crippen LogP contribution in [0.1, 0.15) is 53.4 Å². The van der Waals surface area contributed by atoms with Crippen LogP contribution in [0.15, 0.2) is 30.3 Å². The number of amides is 1. The lowest BCUT2D eigenvalue weighted by Crippen LogP contribution is -2.33. The summed E-state index contributed by atoms with van der Waals surface area (Å²) in [5.74, 6) is 1.88. The van der Waals surface area contributed by atoms with E-state index in [9.17, 15) is 9.90 Å². The number of carbonyl (C=O) groups excluding carboxylic acids is 1. The molecular formula is C27H33Cl2N3O4. The highest BCUT2D eigenvalue weighted by Crippen LogP contribution is 2.38. The van der Waals surface area contributed by atoms with Gasteiger partial charge in [-0.1, -0.05) is 37.0 Å². The second kappa shape index (κ2) is 11.9. The molecule has 0 spiro atoms. The predicted molar refractivity (Wildman–Crippen MR) is 143 cm³/mol. The summed E-state index contributed by atoms with van der Waals surface area (Å²) in [6.45, 7) is 7.05. The number of ether oxygens (including phenoxy) is 2. The standard InChI is InChI=1S/C27H33Cl2N3O4/c1-16(2)11-12-32(27(34)20-8-10-23(35-5)26(36-6)25(20)29)15-24-30-21(17(3)31(24)4)14-18-13-19(28)7-9-22(18)33/h7-10,13,16,33H,11-12,14-15H2,1-6H3. The number of aromatic hydroxyl groups is 1. The molecule has 1 aromatic heterocycles. The third-order valence-electron chi connectivity index (χ3n) is 6.28. The molecule has 1 N–H and O–H groups in total. The van der Waals surface area contributed by atoms with E-state index in [2.05, 4.69) is 13.8 Å². The maximum Gasteiger partial charge on any atom is 0.255 e. The number of hydrogen-bond acceptors (Lipinski definition) is 5. The van der Waals surface area contributed by atoms with Crippen molar-refractivity contribution in [3.8, 4) is 17.2 Å². The van der Waals surface area contributed by atoms with Gasteiger partial charge in [-0.15, -0.1) is 0 Å². The monoisotopic (exact) mass is 533 g/mol. The number of halogens is 2. The molecule has 9 heteroatoms. The molecule has 0 atom stereocenters. The number of phenols is 1. The molecular weight excluding hydrogens is 501 g/mol. The molecule has 1 amide bonds. The highest BCUT2D eigenvalue weighted by molar-refractivity contribution is 6.35. The van der Waals surface area contributed by atoms with Crippen LogP contribution < -0.4 is 9.47 Å². The largest absolute Gasteiger partial charge is 0.508 e. The van der Waals surface area contributed by atoms with Gasteiger partial charge in [0, 0.05) is 36.3 Å². The van der Waals surface area contributed by atoms with Crippen LogP contribution in [0.5, 0.6) is 17.2 Å². The Labute approximate surface area is 222 Å². The van der Waals surface area contributed by atoms with E-state index in [1.54, 1.807) is 35.2 Å². The first-order valence-corrected chi connectivity index (χ1v) is 12.5. The lowest BCUT2D eigenvalue weighted by molar-refractivity contribution is 0.0729. The van der Waals surface area contributed by atoms with Crippen LogP contribution in [-0.4, -0.2) is 46.2 Å². The quantitative estimate of drug-likeness (QED) is 0.343. The van der Waals surface area contributed by atoms with Crippen molar-refractivity contribution in [1.82, 2.24) is 14.5 Å². The number of aromatic nitrogens is 2. The zero-order valence-electron chi connectivity index (χ0n) is 21.6. The fourth-order valence-corrected chi connectivity index (χ4v) is 4.45. The first-order valence-electron chi connectivity index (χ1n) is 11.8. The Morgan fingerprint density at radius 2 is 1.89 bits per heavy atom. The molecule has 0 aliphatic heterocycles. The molecule has 36 heavy (non-hydrogen) atoms. The Balaban J connectivity index is 1.94. The highest BCUT2D eigenvalue weighted by atomic mass is 35.5. The van der Waals surface area contributed by atoms with E-state index in [-0.39, 0.29) is 16.7 Å². The molecule has 0 radical (unpaired) electrons. The van der Waals surface area contributed by atoms with Crippen molar-refractivity contribution in [3.63, 3.8) is 0 Å². The number of phenolic OH excluding ortho intramolecular Hbond substituents is 1. The third kappa shape index (κ3) is 6.08. The molecule has 1 heterocycles. The molecule has 194 valence electrons. The minimum Gasteiger partial charge on any atom is -0.508 e. The Morgan fingerprint density at radius 1 is 1.17 bits per heavy atom. The number of imidazole rings is 1. The average Bonchev–Trinajstić information content (AvgIpc) is 3.10. The topological polar surface area (TPSA) is 76.8 Å². The second-order valence-corrected chi connectivity index (χ2v) is 9.96. The minimum absolute atomic E-state index is 0.169. The van der Waals surface area contributed by atoms with E-state index in [0.29, 0.717) is 53.1 Å². The van der Waals surface area contributed by atoms with Crippen molar-refractivity contribution >= 4 is 29.1 Å². The van der Waals surface area contributed by atoms with E-state index in [0.717, 1.165) is 23.6 Å². The Kier molecular flexibility index (Phi) is 9.14. The van der Waals surface area contributed by atoms with Crippen LogP contribution in [0.3, 0.4) is 0 Å². The van der Waals surface area contributed by atoms with E-state index in [1.165, 1.54) is 14.2 Å². The third-order valence-corrected chi connectivity index (χ3v) is 6.89. The van der Waals surface area contributed by atoms with Crippen molar-refractivity contribution < 1.29 is 19.4 Å². The van der Waals surface area contributed by atoms with Gasteiger partial charge in [0.25, 0.3) is 5.91 Å². The van der Waals surface area contributed by atoms with Crippen molar-refractivity contribution in [2.75, 3.05) is 20.8 Å². The summed E-state index contributed by atoms with van der Waals surface area (Å²) >= 11 is 12.7. The molecule has 0 fully saturated rings. The number of nitrogens with zero attached hydrogens (tertiary/aromatic N) is 3. The normalized spacial score (nSPS) is 11.1. The van der Waals surface area contributed by atoms with Crippen LogP contribution >= 0.6 is 23.2 Å². The molecule has 3 aromatic rings. The summed E-state index contributed by atoms with van der Waals surface area (Å²) in [6, 6.07) is 8.30. The summed E-state index contributed by atoms with van der Waals surface area (Å²) in [6.07, 6.45) is 1.25. The van der Waals surface area contributed by atoms with Gasteiger partial charge in [-0.25, -0.2) is 4.98 Å². The van der Waals surface area contributed by atoms with Gasteiger partial charge in [0.2, 0.25) is 0 Å². The van der Waals surface area contributed by atoms with E-state index in [1.807, 2.05) is 18.5 Å². The number of rotatable bonds is 10. The number of carbonyl (C=O) groups is 1. The first-order chi connectivity index (χ1) is 17.1. The van der Waals surface area contributed by atoms with Crippen molar-refractivity contribution in [2.24, 2.45) is 13.0 Å². The van der Waals surface area contributed by atoms with Crippen molar-refractivity contribution in [2.45, 2.75) is 40.2 Å². The van der Waals surface area contributed by atoms with Gasteiger partial charge in [-0.05, 0) is 49.6 Å². The van der Waals surface area contributed by atoms with Gasteiger partial charge < -0.3 is 24.0 Å². The SMILES string of the molecule is COc1ccc(C(=O)N(CCC(C)C)Cc2nc(Cc3cc(Cl)ccc3O)c(C)n2C)c(Cl)c1OC. The lowest BCUT2D eigenvalue weighted by Gasteiger charge is -2.24. The number of benzene rings is 2. The van der Waals surface area contributed by atoms with Crippen molar-refractivity contribution in [1.29, 1.82) is 0 Å². The number of methoxy groups -OCH3 is 2. The van der Waals surface area contributed by atoms with Gasteiger partial charge in [0.05, 0.1) is 37.0 Å². The van der Waals surface area contributed by atoms with Crippen LogP contribution in [0.25, 0.3) is 0 Å².